The number of unbranched alkanes of at least 4 members (excludes halogenated alkanes) is 1. The highest BCUT2D eigenvalue weighted by atomic mass is 35.5. The average Bonchev–Trinajstić information content (AvgIpc) is 2.10. The number of aliphatic hydroxyl groups excluding tert-OH is 2. The van der Waals surface area contributed by atoms with Crippen molar-refractivity contribution in [3.05, 3.63) is 0 Å². The van der Waals surface area contributed by atoms with Gasteiger partial charge in [0.25, 0.3) is 0 Å². The summed E-state index contributed by atoms with van der Waals surface area (Å²) in [5.74, 6) is 0.367. The van der Waals surface area contributed by atoms with Gasteiger partial charge < -0.3 is 26.7 Å². The van der Waals surface area contributed by atoms with Gasteiger partial charge in [-0.05, 0) is 33.1 Å². The molecule has 8 N–H and O–H groups in total. The molecule has 0 aromatic heterocycles. The van der Waals surface area contributed by atoms with Gasteiger partial charge in [-0.1, -0.05) is 6.42 Å². The van der Waals surface area contributed by atoms with Crippen LogP contribution in [0.3, 0.4) is 0 Å². The second-order valence-electron chi connectivity index (χ2n) is 3.97. The van der Waals surface area contributed by atoms with E-state index in [2.05, 4.69) is 5.32 Å². The van der Waals surface area contributed by atoms with E-state index in [4.69, 9.17) is 16.2 Å². The molecule has 18 heavy (non-hydrogen) atoms. The van der Waals surface area contributed by atoms with E-state index in [0.29, 0.717) is 12.3 Å². The molecule has 0 saturated carbocycles. The van der Waals surface area contributed by atoms with Gasteiger partial charge >= 0.3 is 0 Å². The molecule has 0 fully saturated rings. The minimum Gasteiger partial charge on any atom is -0.412 e. The molecule has 0 spiro atoms. The second kappa shape index (κ2) is 14.9. The van der Waals surface area contributed by atoms with E-state index in [1.165, 1.54) is 0 Å². The van der Waals surface area contributed by atoms with Crippen molar-refractivity contribution in [1.82, 2.24) is 5.32 Å². The molecule has 8 heteroatoms. The molecule has 114 valence electrons. The molecular formula is C10H27Cl2N3O3. The van der Waals surface area contributed by atoms with Crippen LogP contribution >= 0.6 is 24.8 Å². The maximum Gasteiger partial charge on any atom is 0.0911 e. The summed E-state index contributed by atoms with van der Waals surface area (Å²) in [4.78, 5) is 0. The van der Waals surface area contributed by atoms with Crippen molar-refractivity contribution in [3.63, 3.8) is 0 Å². The molecule has 0 aliphatic carbocycles. The first-order valence-corrected chi connectivity index (χ1v) is 5.37. The van der Waals surface area contributed by atoms with Gasteiger partial charge in [0.15, 0.2) is 0 Å². The van der Waals surface area contributed by atoms with Crippen molar-refractivity contribution in [2.45, 2.75) is 57.9 Å². The van der Waals surface area contributed by atoms with E-state index in [1.807, 2.05) is 0 Å². The van der Waals surface area contributed by atoms with E-state index < -0.39 is 12.2 Å². The molecule has 0 bridgehead atoms. The van der Waals surface area contributed by atoms with Crippen LogP contribution in [0.15, 0.2) is 0 Å². The maximum absolute atomic E-state index is 9.31. The lowest BCUT2D eigenvalue weighted by Crippen LogP contribution is -2.39. The molecule has 3 atom stereocenters. The quantitative estimate of drug-likeness (QED) is 0.198. The van der Waals surface area contributed by atoms with Gasteiger partial charge in [-0.15, -0.1) is 24.8 Å². The van der Waals surface area contributed by atoms with Crippen LogP contribution in [0, 0.1) is 5.41 Å². The van der Waals surface area contributed by atoms with Crippen LogP contribution in [0.25, 0.3) is 0 Å². The standard InChI is InChI=1S/C10H23N3O2.2ClH.H2O/c1-7(14)9(15)5-3-4-6-10(12)13-8(2)11;;;/h7,9-10,14-15H,3-6,12H2,1-2H3,(H2,11,13);2*1H;1H2. The number of nitrogens with one attached hydrogen (secondary N) is 2. The maximum atomic E-state index is 9.31. The molecule has 0 aromatic carbocycles. The van der Waals surface area contributed by atoms with Gasteiger partial charge in [0.05, 0.1) is 24.2 Å². The monoisotopic (exact) mass is 307 g/mol. The highest BCUT2D eigenvalue weighted by Gasteiger charge is 2.10. The lowest BCUT2D eigenvalue weighted by atomic mass is 10.1. The predicted molar refractivity (Wildman–Crippen MR) is 78.8 cm³/mol. The molecular weight excluding hydrogens is 281 g/mol. The first-order valence-electron chi connectivity index (χ1n) is 5.37. The van der Waals surface area contributed by atoms with Crippen LogP contribution in [-0.4, -0.2) is 39.9 Å². The highest BCUT2D eigenvalue weighted by Crippen LogP contribution is 2.07. The topological polar surface area (TPSA) is 134 Å². The Labute approximate surface area is 121 Å². The van der Waals surface area contributed by atoms with E-state index >= 15 is 0 Å². The molecule has 0 aliphatic heterocycles. The number of nitrogens with two attached hydrogens (primary N) is 1. The Morgan fingerprint density at radius 3 is 2.06 bits per heavy atom. The fourth-order valence-corrected chi connectivity index (χ4v) is 1.31. The van der Waals surface area contributed by atoms with Gasteiger partial charge in [0.2, 0.25) is 0 Å². The SMILES string of the molecule is CC(=N)NC(N)CCCCC(O)C(C)O.Cl.Cl.O. The number of hydrogen-bond acceptors (Lipinski definition) is 4. The Morgan fingerprint density at radius 1 is 1.22 bits per heavy atom. The molecule has 0 rings (SSSR count). The first kappa shape index (κ1) is 26.5. The Balaban J connectivity index is -0.000000327. The lowest BCUT2D eigenvalue weighted by molar-refractivity contribution is 0.0246. The average molecular weight is 308 g/mol. The lowest BCUT2D eigenvalue weighted by Gasteiger charge is -2.15. The fraction of sp³-hybridized carbons (Fsp3) is 0.900. The zero-order chi connectivity index (χ0) is 11.8. The second-order valence-corrected chi connectivity index (χ2v) is 3.97. The zero-order valence-electron chi connectivity index (χ0n) is 10.8. The van der Waals surface area contributed by atoms with Gasteiger partial charge in [0.1, 0.15) is 0 Å². The zero-order valence-corrected chi connectivity index (χ0v) is 12.5. The fourth-order valence-electron chi connectivity index (χ4n) is 1.31. The van der Waals surface area contributed by atoms with Crippen LogP contribution in [-0.2, 0) is 0 Å². The summed E-state index contributed by atoms with van der Waals surface area (Å²) < 4.78 is 0. The van der Waals surface area contributed by atoms with Crippen molar-refractivity contribution in [2.24, 2.45) is 5.73 Å². The molecule has 6 nitrogen and oxygen atoms in total. The minimum absolute atomic E-state index is 0. The van der Waals surface area contributed by atoms with E-state index in [9.17, 15) is 5.11 Å². The normalized spacial score (nSPS) is 14.1. The van der Waals surface area contributed by atoms with E-state index in [-0.39, 0.29) is 36.5 Å². The van der Waals surface area contributed by atoms with Crippen molar-refractivity contribution in [1.29, 1.82) is 5.41 Å². The van der Waals surface area contributed by atoms with Crippen molar-refractivity contribution in [2.75, 3.05) is 0 Å². The summed E-state index contributed by atoms with van der Waals surface area (Å²) in [5, 5.41) is 28.3. The van der Waals surface area contributed by atoms with Crippen LogP contribution < -0.4 is 11.1 Å². The van der Waals surface area contributed by atoms with Crippen LogP contribution in [0.4, 0.5) is 0 Å². The van der Waals surface area contributed by atoms with Gasteiger partial charge in [0, 0.05) is 0 Å². The van der Waals surface area contributed by atoms with Gasteiger partial charge in [-0.2, -0.15) is 0 Å². The van der Waals surface area contributed by atoms with Crippen LogP contribution in [0.1, 0.15) is 39.5 Å². The summed E-state index contributed by atoms with van der Waals surface area (Å²) in [6.45, 7) is 3.23. The van der Waals surface area contributed by atoms with Crippen molar-refractivity contribution in [3.8, 4) is 0 Å². The Morgan fingerprint density at radius 2 is 1.67 bits per heavy atom. The van der Waals surface area contributed by atoms with E-state index in [1.54, 1.807) is 13.8 Å². The summed E-state index contributed by atoms with van der Waals surface area (Å²) in [7, 11) is 0. The van der Waals surface area contributed by atoms with E-state index in [0.717, 1.165) is 19.3 Å². The predicted octanol–water partition coefficient (Wildman–Crippen LogP) is 0.179. The van der Waals surface area contributed by atoms with Crippen molar-refractivity contribution >= 4 is 30.6 Å². The number of hydrogen-bond donors (Lipinski definition) is 5. The van der Waals surface area contributed by atoms with Gasteiger partial charge in [-0.3, -0.25) is 5.41 Å². The number of rotatable bonds is 7. The summed E-state index contributed by atoms with van der Waals surface area (Å²) >= 11 is 0. The number of halogens is 2. The molecule has 0 aromatic rings. The Kier molecular flexibility index (Phi) is 22.0. The third kappa shape index (κ3) is 15.9. The summed E-state index contributed by atoms with van der Waals surface area (Å²) in [6.07, 6.45) is 1.57. The largest absolute Gasteiger partial charge is 0.412 e. The van der Waals surface area contributed by atoms with Gasteiger partial charge in [-0.25, -0.2) is 0 Å². The summed E-state index contributed by atoms with van der Waals surface area (Å²) in [5.41, 5.74) is 5.69. The number of aliphatic hydroxyl groups is 2. The molecule has 0 heterocycles. The Bertz CT molecular complexity index is 197. The number of amidine groups is 1. The van der Waals surface area contributed by atoms with Crippen LogP contribution in [0.2, 0.25) is 0 Å². The molecule has 0 saturated heterocycles. The summed E-state index contributed by atoms with van der Waals surface area (Å²) in [6, 6.07) is 0. The van der Waals surface area contributed by atoms with Crippen molar-refractivity contribution < 1.29 is 15.7 Å². The first-order chi connectivity index (χ1) is 6.93. The minimum atomic E-state index is -0.666. The third-order valence-corrected chi connectivity index (χ3v) is 2.22. The molecule has 0 radical (unpaired) electrons. The third-order valence-electron chi connectivity index (χ3n) is 2.22. The Hall–Kier alpha value is -0.110. The van der Waals surface area contributed by atoms with Crippen LogP contribution in [0.5, 0.6) is 0 Å². The molecule has 3 unspecified atom stereocenters. The molecule has 0 amide bonds. The smallest absolute Gasteiger partial charge is 0.0911 e. The highest BCUT2D eigenvalue weighted by molar-refractivity contribution is 5.85. The molecule has 0 aliphatic rings.